The molecule has 0 atom stereocenters. The Hall–Kier alpha value is -1.91. The maximum absolute atomic E-state index is 12.1. The van der Waals surface area contributed by atoms with Crippen molar-refractivity contribution >= 4 is 11.7 Å². The van der Waals surface area contributed by atoms with Crippen molar-refractivity contribution in [1.29, 1.82) is 0 Å². The summed E-state index contributed by atoms with van der Waals surface area (Å²) in [6.07, 6.45) is 4.50. The quantitative estimate of drug-likeness (QED) is 0.843. The van der Waals surface area contributed by atoms with Crippen LogP contribution >= 0.6 is 0 Å². The second-order valence-electron chi connectivity index (χ2n) is 5.10. The second-order valence-corrected chi connectivity index (χ2v) is 5.10. The lowest BCUT2D eigenvalue weighted by Gasteiger charge is -2.16. The van der Waals surface area contributed by atoms with Gasteiger partial charge in [-0.25, -0.2) is 4.79 Å². The van der Waals surface area contributed by atoms with Crippen LogP contribution in [0, 0.1) is 0 Å². The van der Waals surface area contributed by atoms with Crippen molar-refractivity contribution in [2.24, 2.45) is 0 Å². The third-order valence-electron chi connectivity index (χ3n) is 3.50. The van der Waals surface area contributed by atoms with Crippen LogP contribution in [-0.4, -0.2) is 25.3 Å². The van der Waals surface area contributed by atoms with Gasteiger partial charge in [0.05, 0.1) is 18.9 Å². The number of ether oxygens (including phenoxy) is 2. The van der Waals surface area contributed by atoms with Gasteiger partial charge in [-0.2, -0.15) is 0 Å². The number of urea groups is 1. The summed E-state index contributed by atoms with van der Waals surface area (Å²) in [6.45, 7) is 4.98. The predicted molar refractivity (Wildman–Crippen MR) is 83.2 cm³/mol. The summed E-state index contributed by atoms with van der Waals surface area (Å²) >= 11 is 0. The SMILES string of the molecule is CCOc1ccc(OCC)c(NC(=O)NC2CCCC2)c1. The molecule has 1 aliphatic carbocycles. The van der Waals surface area contributed by atoms with E-state index in [1.807, 2.05) is 26.0 Å². The highest BCUT2D eigenvalue weighted by molar-refractivity contribution is 5.91. The number of benzene rings is 1. The van der Waals surface area contributed by atoms with Crippen LogP contribution in [0.5, 0.6) is 11.5 Å². The van der Waals surface area contributed by atoms with E-state index in [2.05, 4.69) is 10.6 Å². The molecule has 1 saturated carbocycles. The first kappa shape index (κ1) is 15.5. The summed E-state index contributed by atoms with van der Waals surface area (Å²) in [7, 11) is 0. The van der Waals surface area contributed by atoms with E-state index in [1.54, 1.807) is 6.07 Å². The van der Waals surface area contributed by atoms with Crippen molar-refractivity contribution in [2.75, 3.05) is 18.5 Å². The lowest BCUT2D eigenvalue weighted by Crippen LogP contribution is -2.36. The van der Waals surface area contributed by atoms with Crippen molar-refractivity contribution in [1.82, 2.24) is 5.32 Å². The molecule has 2 N–H and O–H groups in total. The van der Waals surface area contributed by atoms with Gasteiger partial charge in [0.25, 0.3) is 0 Å². The minimum atomic E-state index is -0.184. The summed E-state index contributed by atoms with van der Waals surface area (Å²) in [5.74, 6) is 1.37. The van der Waals surface area contributed by atoms with Gasteiger partial charge in [0.15, 0.2) is 0 Å². The molecule has 1 fully saturated rings. The van der Waals surface area contributed by atoms with Crippen LogP contribution in [0.1, 0.15) is 39.5 Å². The lowest BCUT2D eigenvalue weighted by atomic mass is 10.2. The molecule has 0 aliphatic heterocycles. The van der Waals surface area contributed by atoms with Gasteiger partial charge in [-0.3, -0.25) is 0 Å². The normalized spacial score (nSPS) is 14.8. The van der Waals surface area contributed by atoms with Gasteiger partial charge in [-0.15, -0.1) is 0 Å². The van der Waals surface area contributed by atoms with Crippen molar-refractivity contribution in [3.63, 3.8) is 0 Å². The molecule has 0 spiro atoms. The smallest absolute Gasteiger partial charge is 0.319 e. The number of rotatable bonds is 6. The van der Waals surface area contributed by atoms with E-state index in [-0.39, 0.29) is 12.1 Å². The number of carbonyl (C=O) groups is 1. The summed E-state index contributed by atoms with van der Waals surface area (Å²) in [5, 5.41) is 5.87. The number of carbonyl (C=O) groups excluding carboxylic acids is 1. The minimum Gasteiger partial charge on any atom is -0.494 e. The molecular formula is C16H24N2O3. The molecule has 0 radical (unpaired) electrons. The van der Waals surface area contributed by atoms with Gasteiger partial charge in [0.2, 0.25) is 0 Å². The Bertz CT molecular complexity index is 471. The fourth-order valence-corrected chi connectivity index (χ4v) is 2.56. The fourth-order valence-electron chi connectivity index (χ4n) is 2.56. The van der Waals surface area contributed by atoms with Gasteiger partial charge in [-0.05, 0) is 38.8 Å². The van der Waals surface area contributed by atoms with Gasteiger partial charge in [0, 0.05) is 12.1 Å². The minimum absolute atomic E-state index is 0.184. The molecule has 0 unspecified atom stereocenters. The average Bonchev–Trinajstić information content (AvgIpc) is 2.95. The first-order valence-corrected chi connectivity index (χ1v) is 7.70. The van der Waals surface area contributed by atoms with Crippen LogP contribution in [0.3, 0.4) is 0 Å². The van der Waals surface area contributed by atoms with Crippen LogP contribution in [-0.2, 0) is 0 Å². The topological polar surface area (TPSA) is 59.6 Å². The Balaban J connectivity index is 2.04. The molecule has 5 nitrogen and oxygen atoms in total. The van der Waals surface area contributed by atoms with Crippen LogP contribution in [0.25, 0.3) is 0 Å². The Morgan fingerprint density at radius 2 is 1.90 bits per heavy atom. The number of anilines is 1. The average molecular weight is 292 g/mol. The Kier molecular flexibility index (Phi) is 5.72. The molecule has 2 amide bonds. The highest BCUT2D eigenvalue weighted by atomic mass is 16.5. The first-order valence-electron chi connectivity index (χ1n) is 7.70. The molecular weight excluding hydrogens is 268 g/mol. The van der Waals surface area contributed by atoms with Gasteiger partial charge in [0.1, 0.15) is 11.5 Å². The van der Waals surface area contributed by atoms with Crippen LogP contribution < -0.4 is 20.1 Å². The summed E-state index contributed by atoms with van der Waals surface area (Å²) in [6, 6.07) is 5.56. The standard InChI is InChI=1S/C16H24N2O3/c1-3-20-13-9-10-15(21-4-2)14(11-13)18-16(19)17-12-7-5-6-8-12/h9-12H,3-8H2,1-2H3,(H2,17,18,19). The molecule has 1 aromatic carbocycles. The summed E-state index contributed by atoms with van der Waals surface area (Å²) in [5.41, 5.74) is 0.637. The summed E-state index contributed by atoms with van der Waals surface area (Å²) in [4.78, 5) is 12.1. The highest BCUT2D eigenvalue weighted by Crippen LogP contribution is 2.29. The largest absolute Gasteiger partial charge is 0.494 e. The van der Waals surface area contributed by atoms with E-state index < -0.39 is 0 Å². The molecule has 1 aliphatic rings. The zero-order valence-electron chi connectivity index (χ0n) is 12.8. The molecule has 2 rings (SSSR count). The summed E-state index contributed by atoms with van der Waals surface area (Å²) < 4.78 is 11.0. The van der Waals surface area contributed by atoms with E-state index in [0.717, 1.165) is 18.6 Å². The Labute approximate surface area is 126 Å². The second kappa shape index (κ2) is 7.76. The van der Waals surface area contributed by atoms with E-state index in [0.29, 0.717) is 24.7 Å². The highest BCUT2D eigenvalue weighted by Gasteiger charge is 2.18. The monoisotopic (exact) mass is 292 g/mol. The zero-order chi connectivity index (χ0) is 15.1. The predicted octanol–water partition coefficient (Wildman–Crippen LogP) is 3.55. The number of amides is 2. The zero-order valence-corrected chi connectivity index (χ0v) is 12.8. The van der Waals surface area contributed by atoms with Crippen LogP contribution in [0.2, 0.25) is 0 Å². The van der Waals surface area contributed by atoms with Crippen molar-refractivity contribution in [2.45, 2.75) is 45.6 Å². The Morgan fingerprint density at radius 3 is 2.57 bits per heavy atom. The van der Waals surface area contributed by atoms with Gasteiger partial charge < -0.3 is 20.1 Å². The lowest BCUT2D eigenvalue weighted by molar-refractivity contribution is 0.248. The fraction of sp³-hybridized carbons (Fsp3) is 0.562. The maximum Gasteiger partial charge on any atom is 0.319 e. The van der Waals surface area contributed by atoms with Crippen molar-refractivity contribution in [3.8, 4) is 11.5 Å². The molecule has 1 aromatic rings. The van der Waals surface area contributed by atoms with Crippen molar-refractivity contribution in [3.05, 3.63) is 18.2 Å². The van der Waals surface area contributed by atoms with Crippen LogP contribution in [0.15, 0.2) is 18.2 Å². The van der Waals surface area contributed by atoms with Gasteiger partial charge >= 0.3 is 6.03 Å². The molecule has 0 aromatic heterocycles. The number of hydrogen-bond acceptors (Lipinski definition) is 3. The molecule has 116 valence electrons. The molecule has 0 saturated heterocycles. The first-order chi connectivity index (χ1) is 10.2. The molecule has 21 heavy (non-hydrogen) atoms. The third kappa shape index (κ3) is 4.55. The van der Waals surface area contributed by atoms with Gasteiger partial charge in [-0.1, -0.05) is 12.8 Å². The van der Waals surface area contributed by atoms with Crippen molar-refractivity contribution < 1.29 is 14.3 Å². The van der Waals surface area contributed by atoms with Crippen LogP contribution in [0.4, 0.5) is 10.5 Å². The Morgan fingerprint density at radius 1 is 1.19 bits per heavy atom. The molecule has 5 heteroatoms. The van der Waals surface area contributed by atoms with E-state index in [1.165, 1.54) is 12.8 Å². The number of nitrogens with one attached hydrogen (secondary N) is 2. The number of hydrogen-bond donors (Lipinski definition) is 2. The van der Waals surface area contributed by atoms with E-state index in [4.69, 9.17) is 9.47 Å². The molecule has 0 heterocycles. The maximum atomic E-state index is 12.1. The van der Waals surface area contributed by atoms with E-state index in [9.17, 15) is 4.79 Å². The van der Waals surface area contributed by atoms with E-state index >= 15 is 0 Å². The molecule has 0 bridgehead atoms. The third-order valence-corrected chi connectivity index (χ3v) is 3.50.